The fourth-order valence-corrected chi connectivity index (χ4v) is 2.71. The number of esters is 2. The highest BCUT2D eigenvalue weighted by Gasteiger charge is 2.11. The number of benzene rings is 2. The Labute approximate surface area is 165 Å². The number of methoxy groups -OCH3 is 1. The standard InChI is InChI=1S/C20H16BrNO5/c1-13-6-7-18(17(21)8-13)26-12-19(23)27-16-5-3-4-14(10-16)9-15(11-22)20(24)25-2/h3-10H,12H2,1-2H3/b15-9+. The van der Waals surface area contributed by atoms with Gasteiger partial charge in [-0.3, -0.25) is 0 Å². The average Bonchev–Trinajstić information content (AvgIpc) is 2.65. The second-order valence-electron chi connectivity index (χ2n) is 5.43. The number of carbonyl (C=O) groups is 2. The number of nitrogens with zero attached hydrogens (tertiary/aromatic N) is 1. The summed E-state index contributed by atoms with van der Waals surface area (Å²) < 4.78 is 16.0. The molecule has 2 aromatic carbocycles. The van der Waals surface area contributed by atoms with Crippen LogP contribution in [-0.2, 0) is 14.3 Å². The first-order chi connectivity index (χ1) is 12.9. The normalized spacial score (nSPS) is 10.7. The summed E-state index contributed by atoms with van der Waals surface area (Å²) in [5, 5.41) is 9.00. The van der Waals surface area contributed by atoms with Crippen molar-refractivity contribution in [2.75, 3.05) is 13.7 Å². The summed E-state index contributed by atoms with van der Waals surface area (Å²) in [7, 11) is 1.19. The Bertz CT molecular complexity index is 930. The number of hydrogen-bond donors (Lipinski definition) is 0. The molecule has 6 nitrogen and oxygen atoms in total. The van der Waals surface area contributed by atoms with Crippen LogP contribution in [0.15, 0.2) is 52.5 Å². The third-order valence-electron chi connectivity index (χ3n) is 3.36. The van der Waals surface area contributed by atoms with E-state index < -0.39 is 11.9 Å². The van der Waals surface area contributed by atoms with Gasteiger partial charge in [0, 0.05) is 0 Å². The van der Waals surface area contributed by atoms with E-state index in [9.17, 15) is 9.59 Å². The van der Waals surface area contributed by atoms with Crippen molar-refractivity contribution in [2.24, 2.45) is 0 Å². The third kappa shape index (κ3) is 5.97. The molecule has 0 saturated carbocycles. The Hall–Kier alpha value is -3.11. The van der Waals surface area contributed by atoms with Gasteiger partial charge in [-0.1, -0.05) is 18.2 Å². The number of aryl methyl sites for hydroxylation is 1. The van der Waals surface area contributed by atoms with Crippen LogP contribution in [0.3, 0.4) is 0 Å². The summed E-state index contributed by atoms with van der Waals surface area (Å²) in [4.78, 5) is 23.5. The average molecular weight is 430 g/mol. The van der Waals surface area contributed by atoms with Crippen molar-refractivity contribution in [1.82, 2.24) is 0 Å². The molecule has 2 rings (SSSR count). The molecule has 7 heteroatoms. The van der Waals surface area contributed by atoms with Gasteiger partial charge in [0.2, 0.25) is 0 Å². The first-order valence-electron chi connectivity index (χ1n) is 7.82. The second kappa shape index (κ2) is 9.55. The van der Waals surface area contributed by atoms with Gasteiger partial charge in [0.25, 0.3) is 0 Å². The number of halogens is 1. The zero-order chi connectivity index (χ0) is 19.8. The molecule has 0 unspecified atom stereocenters. The van der Waals surface area contributed by atoms with E-state index in [1.807, 2.05) is 19.1 Å². The SMILES string of the molecule is COC(=O)/C(C#N)=C/c1cccc(OC(=O)COc2ccc(C)cc2Br)c1. The number of carbonyl (C=O) groups excluding carboxylic acids is 2. The fourth-order valence-electron chi connectivity index (χ4n) is 2.10. The molecule has 138 valence electrons. The maximum absolute atomic E-state index is 12.0. The Balaban J connectivity index is 2.03. The van der Waals surface area contributed by atoms with Crippen molar-refractivity contribution in [3.05, 3.63) is 63.6 Å². The number of rotatable bonds is 6. The Morgan fingerprint density at radius 2 is 2.00 bits per heavy atom. The molecule has 0 aliphatic rings. The van der Waals surface area contributed by atoms with Crippen molar-refractivity contribution in [2.45, 2.75) is 6.92 Å². The Morgan fingerprint density at radius 1 is 1.22 bits per heavy atom. The highest BCUT2D eigenvalue weighted by molar-refractivity contribution is 9.10. The largest absolute Gasteiger partial charge is 0.481 e. The molecule has 0 atom stereocenters. The lowest BCUT2D eigenvalue weighted by Gasteiger charge is -2.09. The summed E-state index contributed by atoms with van der Waals surface area (Å²) in [6, 6.07) is 13.7. The van der Waals surface area contributed by atoms with Crippen molar-refractivity contribution in [1.29, 1.82) is 5.26 Å². The first kappa shape index (κ1) is 20.2. The second-order valence-corrected chi connectivity index (χ2v) is 6.28. The molecule has 0 aliphatic carbocycles. The van der Waals surface area contributed by atoms with Crippen LogP contribution in [0.25, 0.3) is 6.08 Å². The zero-order valence-corrected chi connectivity index (χ0v) is 16.3. The molecule has 0 bridgehead atoms. The van der Waals surface area contributed by atoms with E-state index in [0.717, 1.165) is 10.0 Å². The van der Waals surface area contributed by atoms with Gasteiger partial charge in [0.15, 0.2) is 6.61 Å². The summed E-state index contributed by atoms with van der Waals surface area (Å²) in [5.74, 6) is -0.525. The topological polar surface area (TPSA) is 85.6 Å². The monoisotopic (exact) mass is 429 g/mol. The van der Waals surface area contributed by atoms with Gasteiger partial charge in [0.05, 0.1) is 11.6 Å². The highest BCUT2D eigenvalue weighted by Crippen LogP contribution is 2.25. The molecule has 0 spiro atoms. The minimum atomic E-state index is -0.739. The van der Waals surface area contributed by atoms with Gasteiger partial charge >= 0.3 is 11.9 Å². The molecule has 0 amide bonds. The predicted octanol–water partition coefficient (Wildman–Crippen LogP) is 3.82. The van der Waals surface area contributed by atoms with Gasteiger partial charge in [-0.2, -0.15) is 5.26 Å². The van der Waals surface area contributed by atoms with Crippen LogP contribution >= 0.6 is 15.9 Å². The lowest BCUT2D eigenvalue weighted by atomic mass is 10.1. The van der Waals surface area contributed by atoms with Crippen LogP contribution in [-0.4, -0.2) is 25.7 Å². The first-order valence-corrected chi connectivity index (χ1v) is 8.62. The molecule has 0 radical (unpaired) electrons. The summed E-state index contributed by atoms with van der Waals surface area (Å²) in [6.07, 6.45) is 1.35. The third-order valence-corrected chi connectivity index (χ3v) is 3.98. The maximum atomic E-state index is 12.0. The minimum Gasteiger partial charge on any atom is -0.481 e. The van der Waals surface area contributed by atoms with Crippen LogP contribution in [0.1, 0.15) is 11.1 Å². The van der Waals surface area contributed by atoms with E-state index in [2.05, 4.69) is 20.7 Å². The molecule has 0 aromatic heterocycles. The van der Waals surface area contributed by atoms with Gasteiger partial charge in [-0.05, 0) is 64.3 Å². The van der Waals surface area contributed by atoms with E-state index in [1.165, 1.54) is 19.3 Å². The van der Waals surface area contributed by atoms with Crippen molar-refractivity contribution >= 4 is 33.9 Å². The van der Waals surface area contributed by atoms with Crippen molar-refractivity contribution < 1.29 is 23.8 Å². The molecule has 0 fully saturated rings. The van der Waals surface area contributed by atoms with Crippen LogP contribution in [0.2, 0.25) is 0 Å². The van der Waals surface area contributed by atoms with Gasteiger partial charge < -0.3 is 14.2 Å². The van der Waals surface area contributed by atoms with Crippen LogP contribution in [0.5, 0.6) is 11.5 Å². The van der Waals surface area contributed by atoms with E-state index in [0.29, 0.717) is 11.3 Å². The zero-order valence-electron chi connectivity index (χ0n) is 14.7. The molecule has 0 N–H and O–H groups in total. The summed E-state index contributed by atoms with van der Waals surface area (Å²) in [6.45, 7) is 1.68. The Kier molecular flexibility index (Phi) is 7.15. The van der Waals surface area contributed by atoms with Crippen molar-refractivity contribution in [3.63, 3.8) is 0 Å². The maximum Gasteiger partial charge on any atom is 0.349 e. The number of ether oxygens (including phenoxy) is 3. The van der Waals surface area contributed by atoms with E-state index in [-0.39, 0.29) is 17.9 Å². The van der Waals surface area contributed by atoms with Gasteiger partial charge in [-0.25, -0.2) is 9.59 Å². The van der Waals surface area contributed by atoms with Crippen LogP contribution in [0, 0.1) is 18.3 Å². The molecule has 0 heterocycles. The van der Waals surface area contributed by atoms with Gasteiger partial charge in [0.1, 0.15) is 23.1 Å². The molecular weight excluding hydrogens is 414 g/mol. The van der Waals surface area contributed by atoms with Crippen molar-refractivity contribution in [3.8, 4) is 17.6 Å². The molecule has 2 aromatic rings. The van der Waals surface area contributed by atoms with E-state index in [1.54, 1.807) is 30.3 Å². The van der Waals surface area contributed by atoms with Gasteiger partial charge in [-0.15, -0.1) is 0 Å². The summed E-state index contributed by atoms with van der Waals surface area (Å²) in [5.41, 5.74) is 1.42. The highest BCUT2D eigenvalue weighted by atomic mass is 79.9. The number of hydrogen-bond acceptors (Lipinski definition) is 6. The number of nitriles is 1. The quantitative estimate of drug-likeness (QED) is 0.300. The smallest absolute Gasteiger partial charge is 0.349 e. The predicted molar refractivity (Wildman–Crippen MR) is 102 cm³/mol. The lowest BCUT2D eigenvalue weighted by Crippen LogP contribution is -2.17. The lowest BCUT2D eigenvalue weighted by molar-refractivity contribution is -0.137. The minimum absolute atomic E-state index is 0.159. The van der Waals surface area contributed by atoms with E-state index >= 15 is 0 Å². The van der Waals surface area contributed by atoms with Crippen LogP contribution in [0.4, 0.5) is 0 Å². The molecule has 0 aliphatic heterocycles. The molecular formula is C20H16BrNO5. The Morgan fingerprint density at radius 3 is 2.67 bits per heavy atom. The fraction of sp³-hybridized carbons (Fsp3) is 0.150. The summed E-state index contributed by atoms with van der Waals surface area (Å²) >= 11 is 3.37. The molecule has 0 saturated heterocycles. The molecule has 27 heavy (non-hydrogen) atoms. The van der Waals surface area contributed by atoms with E-state index in [4.69, 9.17) is 14.7 Å². The van der Waals surface area contributed by atoms with Crippen LogP contribution < -0.4 is 9.47 Å².